The average molecular weight is 269 g/mol. The Labute approximate surface area is 118 Å². The molecule has 1 aliphatic rings. The number of nitrogens with one attached hydrogen (secondary N) is 2. The van der Waals surface area contributed by atoms with E-state index in [1.54, 1.807) is 0 Å². The molecule has 0 aromatic carbocycles. The van der Waals surface area contributed by atoms with E-state index in [4.69, 9.17) is 0 Å². The molecule has 2 N–H and O–H groups in total. The largest absolute Gasteiger partial charge is 0.350 e. The highest BCUT2D eigenvalue weighted by Gasteiger charge is 2.21. The highest BCUT2D eigenvalue weighted by Crippen LogP contribution is 2.11. The highest BCUT2D eigenvalue weighted by molar-refractivity contribution is 5.81. The SMILES string of the molecule is CC(NCC(C)N1CCCCC1)C(=O)NC(C)(C)C. The summed E-state index contributed by atoms with van der Waals surface area (Å²) in [6.07, 6.45) is 3.98. The fourth-order valence-electron chi connectivity index (χ4n) is 2.41. The standard InChI is InChI=1S/C15H31N3O/c1-12(18-9-7-6-8-10-18)11-16-13(2)14(19)17-15(3,4)5/h12-13,16H,6-11H2,1-5H3,(H,17,19). The molecule has 0 aromatic heterocycles. The van der Waals surface area contributed by atoms with Gasteiger partial charge in [0.05, 0.1) is 6.04 Å². The van der Waals surface area contributed by atoms with Crippen molar-refractivity contribution in [2.45, 2.75) is 71.5 Å². The Morgan fingerprint density at radius 3 is 2.26 bits per heavy atom. The second kappa shape index (κ2) is 7.25. The van der Waals surface area contributed by atoms with Gasteiger partial charge in [-0.2, -0.15) is 0 Å². The number of carbonyl (C=O) groups excluding carboxylic acids is 1. The molecule has 2 atom stereocenters. The molecular weight excluding hydrogens is 238 g/mol. The highest BCUT2D eigenvalue weighted by atomic mass is 16.2. The van der Waals surface area contributed by atoms with Crippen LogP contribution in [-0.2, 0) is 4.79 Å². The van der Waals surface area contributed by atoms with Gasteiger partial charge in [0.25, 0.3) is 0 Å². The van der Waals surface area contributed by atoms with Crippen molar-refractivity contribution < 1.29 is 4.79 Å². The Morgan fingerprint density at radius 2 is 1.74 bits per heavy atom. The maximum absolute atomic E-state index is 12.0. The van der Waals surface area contributed by atoms with E-state index in [0.29, 0.717) is 6.04 Å². The Bertz CT molecular complexity index is 280. The predicted molar refractivity (Wildman–Crippen MR) is 80.2 cm³/mol. The molecular formula is C15H31N3O. The molecule has 0 saturated carbocycles. The van der Waals surface area contributed by atoms with Crippen molar-refractivity contribution in [3.8, 4) is 0 Å². The average Bonchev–Trinajstić information content (AvgIpc) is 2.34. The first-order chi connectivity index (χ1) is 8.79. The summed E-state index contributed by atoms with van der Waals surface area (Å²) in [5.74, 6) is 0.0818. The van der Waals surface area contributed by atoms with Crippen molar-refractivity contribution in [2.75, 3.05) is 19.6 Å². The minimum absolute atomic E-state index is 0.0818. The molecule has 4 heteroatoms. The van der Waals surface area contributed by atoms with E-state index in [0.717, 1.165) is 6.54 Å². The van der Waals surface area contributed by atoms with Gasteiger partial charge in [-0.15, -0.1) is 0 Å². The van der Waals surface area contributed by atoms with E-state index in [2.05, 4.69) is 22.5 Å². The van der Waals surface area contributed by atoms with Crippen LogP contribution < -0.4 is 10.6 Å². The second-order valence-corrected chi connectivity index (χ2v) is 6.81. The monoisotopic (exact) mass is 269 g/mol. The number of carbonyl (C=O) groups is 1. The molecule has 0 radical (unpaired) electrons. The number of nitrogens with zero attached hydrogens (tertiary/aromatic N) is 1. The van der Waals surface area contributed by atoms with E-state index in [-0.39, 0.29) is 17.5 Å². The fourth-order valence-corrected chi connectivity index (χ4v) is 2.41. The van der Waals surface area contributed by atoms with Crippen LogP contribution in [0.15, 0.2) is 0 Å². The lowest BCUT2D eigenvalue weighted by molar-refractivity contribution is -0.124. The minimum Gasteiger partial charge on any atom is -0.350 e. The second-order valence-electron chi connectivity index (χ2n) is 6.81. The molecule has 1 rings (SSSR count). The van der Waals surface area contributed by atoms with Crippen molar-refractivity contribution in [2.24, 2.45) is 0 Å². The van der Waals surface area contributed by atoms with E-state index >= 15 is 0 Å². The van der Waals surface area contributed by atoms with E-state index < -0.39 is 0 Å². The molecule has 19 heavy (non-hydrogen) atoms. The van der Waals surface area contributed by atoms with E-state index in [1.165, 1.54) is 32.4 Å². The number of rotatable bonds is 5. The van der Waals surface area contributed by atoms with Gasteiger partial charge in [-0.05, 0) is 60.5 Å². The van der Waals surface area contributed by atoms with Crippen LogP contribution >= 0.6 is 0 Å². The molecule has 0 aliphatic carbocycles. The number of amides is 1. The number of piperidine rings is 1. The van der Waals surface area contributed by atoms with Crippen molar-refractivity contribution in [3.63, 3.8) is 0 Å². The van der Waals surface area contributed by atoms with Gasteiger partial charge in [-0.25, -0.2) is 0 Å². The zero-order chi connectivity index (χ0) is 14.5. The van der Waals surface area contributed by atoms with Crippen molar-refractivity contribution >= 4 is 5.91 Å². The van der Waals surface area contributed by atoms with Crippen LogP contribution in [0.3, 0.4) is 0 Å². The molecule has 0 bridgehead atoms. The number of hydrogen-bond donors (Lipinski definition) is 2. The topological polar surface area (TPSA) is 44.4 Å². The van der Waals surface area contributed by atoms with Gasteiger partial charge in [0.2, 0.25) is 5.91 Å². The third-order valence-corrected chi connectivity index (χ3v) is 3.62. The molecule has 1 saturated heterocycles. The summed E-state index contributed by atoms with van der Waals surface area (Å²) >= 11 is 0. The predicted octanol–water partition coefficient (Wildman–Crippen LogP) is 1.75. The molecule has 4 nitrogen and oxygen atoms in total. The molecule has 1 fully saturated rings. The molecule has 0 spiro atoms. The summed E-state index contributed by atoms with van der Waals surface area (Å²) in [5, 5.41) is 6.36. The first-order valence-corrected chi connectivity index (χ1v) is 7.59. The molecule has 112 valence electrons. The van der Waals surface area contributed by atoms with Crippen molar-refractivity contribution in [3.05, 3.63) is 0 Å². The molecule has 1 heterocycles. The summed E-state index contributed by atoms with van der Waals surface area (Å²) in [4.78, 5) is 14.5. The molecule has 0 aromatic rings. The summed E-state index contributed by atoms with van der Waals surface area (Å²) in [7, 11) is 0. The van der Waals surface area contributed by atoms with E-state index in [1.807, 2.05) is 27.7 Å². The lowest BCUT2D eigenvalue weighted by atomic mass is 10.1. The van der Waals surface area contributed by atoms with Crippen LogP contribution in [0, 0.1) is 0 Å². The maximum atomic E-state index is 12.0. The zero-order valence-corrected chi connectivity index (χ0v) is 13.3. The van der Waals surface area contributed by atoms with Crippen LogP contribution in [0.1, 0.15) is 53.9 Å². The van der Waals surface area contributed by atoms with E-state index in [9.17, 15) is 4.79 Å². The van der Waals surface area contributed by atoms with Gasteiger partial charge < -0.3 is 10.6 Å². The van der Waals surface area contributed by atoms with Crippen LogP contribution in [-0.4, -0.2) is 48.1 Å². The Kier molecular flexibility index (Phi) is 6.27. The minimum atomic E-state index is -0.161. The fraction of sp³-hybridized carbons (Fsp3) is 0.933. The number of hydrogen-bond acceptors (Lipinski definition) is 3. The van der Waals surface area contributed by atoms with Gasteiger partial charge >= 0.3 is 0 Å². The summed E-state index contributed by atoms with van der Waals surface area (Å²) in [6, 6.07) is 0.372. The lowest BCUT2D eigenvalue weighted by Crippen LogP contribution is -2.52. The van der Waals surface area contributed by atoms with Crippen LogP contribution in [0.5, 0.6) is 0 Å². The van der Waals surface area contributed by atoms with Crippen molar-refractivity contribution in [1.82, 2.24) is 15.5 Å². The quantitative estimate of drug-likeness (QED) is 0.799. The Morgan fingerprint density at radius 1 is 1.16 bits per heavy atom. The first-order valence-electron chi connectivity index (χ1n) is 7.59. The Balaban J connectivity index is 2.28. The molecule has 1 aliphatic heterocycles. The Hall–Kier alpha value is -0.610. The summed E-state index contributed by atoms with van der Waals surface area (Å²) in [5.41, 5.74) is -0.161. The first kappa shape index (κ1) is 16.4. The smallest absolute Gasteiger partial charge is 0.237 e. The van der Waals surface area contributed by atoms with Gasteiger partial charge in [-0.3, -0.25) is 9.69 Å². The number of likely N-dealkylation sites (tertiary alicyclic amines) is 1. The molecule has 2 unspecified atom stereocenters. The van der Waals surface area contributed by atoms with Crippen molar-refractivity contribution in [1.29, 1.82) is 0 Å². The van der Waals surface area contributed by atoms with Gasteiger partial charge in [-0.1, -0.05) is 6.42 Å². The van der Waals surface area contributed by atoms with Crippen LogP contribution in [0.25, 0.3) is 0 Å². The maximum Gasteiger partial charge on any atom is 0.237 e. The summed E-state index contributed by atoms with van der Waals surface area (Å²) < 4.78 is 0. The molecule has 1 amide bonds. The van der Waals surface area contributed by atoms with Gasteiger partial charge in [0, 0.05) is 18.1 Å². The van der Waals surface area contributed by atoms with Crippen LogP contribution in [0.4, 0.5) is 0 Å². The third-order valence-electron chi connectivity index (χ3n) is 3.62. The third kappa shape index (κ3) is 6.39. The zero-order valence-electron chi connectivity index (χ0n) is 13.3. The normalized spacial score (nSPS) is 20.9. The van der Waals surface area contributed by atoms with Gasteiger partial charge in [0.1, 0.15) is 0 Å². The summed E-state index contributed by atoms with van der Waals surface area (Å²) in [6.45, 7) is 13.5. The van der Waals surface area contributed by atoms with Crippen LogP contribution in [0.2, 0.25) is 0 Å². The lowest BCUT2D eigenvalue weighted by Gasteiger charge is -2.33. The van der Waals surface area contributed by atoms with Gasteiger partial charge in [0.15, 0.2) is 0 Å².